The van der Waals surface area contributed by atoms with Gasteiger partial charge in [-0.05, 0) is 29.2 Å². The molecule has 3 nitrogen and oxygen atoms in total. The Morgan fingerprint density at radius 1 is 1.47 bits per heavy atom. The predicted molar refractivity (Wildman–Crippen MR) is 73.0 cm³/mol. The number of aromatic nitrogens is 1. The predicted octanol–water partition coefficient (Wildman–Crippen LogP) is 2.10. The van der Waals surface area contributed by atoms with Gasteiger partial charge in [0.1, 0.15) is 0 Å². The third-order valence-corrected chi connectivity index (χ3v) is 4.86. The van der Waals surface area contributed by atoms with Gasteiger partial charge in [-0.15, -0.1) is 0 Å². The molecule has 1 fully saturated rings. The van der Waals surface area contributed by atoms with Crippen molar-refractivity contribution in [3.63, 3.8) is 0 Å². The zero-order chi connectivity index (χ0) is 12.5. The Morgan fingerprint density at radius 2 is 2.24 bits per heavy atom. The topological polar surface area (TPSA) is 59.1 Å². The SMILES string of the molecule is CC1(C)CSCC(O)(Cc2cnccc2N)C1. The minimum absolute atomic E-state index is 0.189. The Balaban J connectivity index is 2.15. The van der Waals surface area contributed by atoms with E-state index in [0.717, 1.165) is 29.2 Å². The standard InChI is InChI=1S/C13H20N2OS/c1-12(2)7-13(16,9-17-8-12)5-10-6-15-4-3-11(10)14/h3-4,6,16H,5,7-9H2,1-2H3,(H2,14,15). The lowest BCUT2D eigenvalue weighted by Gasteiger charge is -2.41. The van der Waals surface area contributed by atoms with Gasteiger partial charge >= 0.3 is 0 Å². The van der Waals surface area contributed by atoms with Crippen molar-refractivity contribution in [3.05, 3.63) is 24.0 Å². The summed E-state index contributed by atoms with van der Waals surface area (Å²) in [5, 5.41) is 10.7. The van der Waals surface area contributed by atoms with Crippen molar-refractivity contribution in [2.75, 3.05) is 17.2 Å². The largest absolute Gasteiger partial charge is 0.398 e. The summed E-state index contributed by atoms with van der Waals surface area (Å²) in [7, 11) is 0. The second kappa shape index (κ2) is 4.50. The number of pyridine rings is 1. The molecule has 2 heterocycles. The molecule has 1 aliphatic heterocycles. The fourth-order valence-electron chi connectivity index (χ4n) is 2.56. The molecule has 0 spiro atoms. The third-order valence-electron chi connectivity index (χ3n) is 3.13. The van der Waals surface area contributed by atoms with E-state index in [2.05, 4.69) is 18.8 Å². The molecule has 3 N–H and O–H groups in total. The van der Waals surface area contributed by atoms with Crippen molar-refractivity contribution < 1.29 is 5.11 Å². The summed E-state index contributed by atoms with van der Waals surface area (Å²) in [5.74, 6) is 1.89. The molecular formula is C13H20N2OS. The van der Waals surface area contributed by atoms with Crippen LogP contribution in [0.4, 0.5) is 5.69 Å². The second-order valence-corrected chi connectivity index (χ2v) is 6.79. The van der Waals surface area contributed by atoms with Crippen molar-refractivity contribution >= 4 is 17.4 Å². The number of anilines is 1. The van der Waals surface area contributed by atoms with Gasteiger partial charge in [0.15, 0.2) is 0 Å². The molecule has 4 heteroatoms. The summed E-state index contributed by atoms with van der Waals surface area (Å²) < 4.78 is 0. The lowest BCUT2D eigenvalue weighted by atomic mass is 9.79. The molecule has 1 saturated heterocycles. The zero-order valence-electron chi connectivity index (χ0n) is 10.4. The number of thioether (sulfide) groups is 1. The Labute approximate surface area is 107 Å². The smallest absolute Gasteiger partial charge is 0.0784 e. The Bertz CT molecular complexity index is 408. The van der Waals surface area contributed by atoms with Crippen LogP contribution in [0, 0.1) is 5.41 Å². The minimum atomic E-state index is -0.649. The molecule has 1 unspecified atom stereocenters. The van der Waals surface area contributed by atoms with Crippen molar-refractivity contribution in [1.82, 2.24) is 4.98 Å². The van der Waals surface area contributed by atoms with E-state index in [-0.39, 0.29) is 5.41 Å². The first kappa shape index (κ1) is 12.7. The molecular weight excluding hydrogens is 232 g/mol. The van der Waals surface area contributed by atoms with E-state index in [0.29, 0.717) is 6.42 Å². The molecule has 94 valence electrons. The molecule has 1 aromatic heterocycles. The maximum atomic E-state index is 10.7. The first-order valence-corrected chi connectivity index (χ1v) is 7.04. The summed E-state index contributed by atoms with van der Waals surface area (Å²) in [6.07, 6.45) is 4.87. The molecule has 0 aromatic carbocycles. The first-order chi connectivity index (χ1) is 7.90. The van der Waals surface area contributed by atoms with Gasteiger partial charge in [0, 0.05) is 30.3 Å². The van der Waals surface area contributed by atoms with Crippen LogP contribution in [0.3, 0.4) is 0 Å². The van der Waals surface area contributed by atoms with E-state index in [1.165, 1.54) is 0 Å². The minimum Gasteiger partial charge on any atom is -0.398 e. The molecule has 1 aliphatic rings. The van der Waals surface area contributed by atoms with Gasteiger partial charge in [-0.3, -0.25) is 4.98 Å². The average molecular weight is 252 g/mol. The van der Waals surface area contributed by atoms with Crippen molar-refractivity contribution in [2.24, 2.45) is 5.41 Å². The quantitative estimate of drug-likeness (QED) is 0.846. The lowest BCUT2D eigenvalue weighted by Crippen LogP contribution is -2.44. The first-order valence-electron chi connectivity index (χ1n) is 5.89. The van der Waals surface area contributed by atoms with Gasteiger partial charge in [0.05, 0.1) is 5.60 Å². The second-order valence-electron chi connectivity index (χ2n) is 5.81. The fraction of sp³-hybridized carbons (Fsp3) is 0.615. The lowest BCUT2D eigenvalue weighted by molar-refractivity contribution is 0.0201. The maximum absolute atomic E-state index is 10.7. The van der Waals surface area contributed by atoms with Crippen LogP contribution in [-0.4, -0.2) is 27.2 Å². The Hall–Kier alpha value is -0.740. The number of hydrogen-bond donors (Lipinski definition) is 2. The fourth-order valence-corrected chi connectivity index (χ4v) is 3.90. The number of nitrogens with two attached hydrogens (primary N) is 1. The number of rotatable bonds is 2. The molecule has 1 aromatic rings. The third kappa shape index (κ3) is 3.13. The summed E-state index contributed by atoms with van der Waals surface area (Å²) in [6, 6.07) is 1.79. The van der Waals surface area contributed by atoms with Crippen LogP contribution >= 0.6 is 11.8 Å². The van der Waals surface area contributed by atoms with E-state index in [1.54, 1.807) is 18.5 Å². The summed E-state index contributed by atoms with van der Waals surface area (Å²) in [5.41, 5.74) is 7.12. The number of aliphatic hydroxyl groups is 1. The average Bonchev–Trinajstić information content (AvgIpc) is 2.19. The van der Waals surface area contributed by atoms with Gasteiger partial charge in [-0.2, -0.15) is 11.8 Å². The molecule has 0 aliphatic carbocycles. The number of nitrogens with zero attached hydrogens (tertiary/aromatic N) is 1. The molecule has 0 radical (unpaired) electrons. The summed E-state index contributed by atoms with van der Waals surface area (Å²) >= 11 is 1.82. The van der Waals surface area contributed by atoms with Crippen LogP contribution in [0.2, 0.25) is 0 Å². The van der Waals surface area contributed by atoms with Crippen molar-refractivity contribution in [3.8, 4) is 0 Å². The monoisotopic (exact) mass is 252 g/mol. The summed E-state index contributed by atoms with van der Waals surface area (Å²) in [4.78, 5) is 4.08. The van der Waals surface area contributed by atoms with Crippen LogP contribution in [0.1, 0.15) is 25.8 Å². The van der Waals surface area contributed by atoms with Crippen LogP contribution in [0.5, 0.6) is 0 Å². The normalized spacial score (nSPS) is 27.9. The molecule has 1 atom stereocenters. The van der Waals surface area contributed by atoms with Crippen molar-refractivity contribution in [1.29, 1.82) is 0 Å². The van der Waals surface area contributed by atoms with E-state index in [1.807, 2.05) is 11.8 Å². The zero-order valence-corrected chi connectivity index (χ0v) is 11.3. The van der Waals surface area contributed by atoms with Crippen molar-refractivity contribution in [2.45, 2.75) is 32.3 Å². The Kier molecular flexibility index (Phi) is 3.36. The highest BCUT2D eigenvalue weighted by Gasteiger charge is 2.39. The molecule has 17 heavy (non-hydrogen) atoms. The summed E-state index contributed by atoms with van der Waals surface area (Å²) in [6.45, 7) is 4.41. The van der Waals surface area contributed by atoms with Gasteiger partial charge in [-0.25, -0.2) is 0 Å². The van der Waals surface area contributed by atoms with Gasteiger partial charge < -0.3 is 10.8 Å². The molecule has 0 amide bonds. The maximum Gasteiger partial charge on any atom is 0.0784 e. The van der Waals surface area contributed by atoms with E-state index in [9.17, 15) is 5.11 Å². The highest BCUT2D eigenvalue weighted by molar-refractivity contribution is 7.99. The molecule has 2 rings (SSSR count). The molecule has 0 bridgehead atoms. The van der Waals surface area contributed by atoms with Crippen LogP contribution < -0.4 is 5.73 Å². The number of nitrogen functional groups attached to an aromatic ring is 1. The van der Waals surface area contributed by atoms with Gasteiger partial charge in [0.25, 0.3) is 0 Å². The van der Waals surface area contributed by atoms with E-state index in [4.69, 9.17) is 5.73 Å². The van der Waals surface area contributed by atoms with E-state index < -0.39 is 5.60 Å². The van der Waals surface area contributed by atoms with Gasteiger partial charge in [0.2, 0.25) is 0 Å². The van der Waals surface area contributed by atoms with E-state index >= 15 is 0 Å². The highest BCUT2D eigenvalue weighted by Crippen LogP contribution is 2.40. The highest BCUT2D eigenvalue weighted by atomic mass is 32.2. The van der Waals surface area contributed by atoms with Gasteiger partial charge in [-0.1, -0.05) is 13.8 Å². The number of hydrogen-bond acceptors (Lipinski definition) is 4. The van der Waals surface area contributed by atoms with Crippen LogP contribution in [0.25, 0.3) is 0 Å². The molecule has 0 saturated carbocycles. The Morgan fingerprint density at radius 3 is 2.88 bits per heavy atom. The van der Waals surface area contributed by atoms with Crippen LogP contribution in [-0.2, 0) is 6.42 Å². The van der Waals surface area contributed by atoms with Crippen LogP contribution in [0.15, 0.2) is 18.5 Å².